The minimum atomic E-state index is 0.643. The Balaban J connectivity index is 2.23. The van der Waals surface area contributed by atoms with Gasteiger partial charge in [0.1, 0.15) is 5.75 Å². The number of aromatic nitrogens is 1. The number of hydrogen-bond donors (Lipinski definition) is 1. The van der Waals surface area contributed by atoms with Crippen LogP contribution in [0, 0.1) is 0 Å². The molecular weight excluding hydrogens is 284 g/mol. The van der Waals surface area contributed by atoms with Gasteiger partial charge < -0.3 is 14.8 Å². The molecular formula is C13H15ClN2O2S. The Bertz CT molecular complexity index is 545. The molecule has 0 atom stereocenters. The Morgan fingerprint density at radius 1 is 1.37 bits per heavy atom. The highest BCUT2D eigenvalue weighted by atomic mass is 35.5. The van der Waals surface area contributed by atoms with E-state index >= 15 is 0 Å². The molecule has 6 heteroatoms. The maximum Gasteiger partial charge on any atom is 0.183 e. The van der Waals surface area contributed by atoms with Crippen molar-refractivity contribution in [1.29, 1.82) is 0 Å². The standard InChI is InChI=1S/C13H15ClN2O2S/c1-17-7-6-15-13-16-8-11(19-13)12-9(14)4-3-5-10(12)18-2/h3-5,8H,6-7H2,1-2H3,(H,15,16). The van der Waals surface area contributed by atoms with Crippen molar-refractivity contribution in [2.75, 3.05) is 32.7 Å². The van der Waals surface area contributed by atoms with E-state index in [0.29, 0.717) is 11.6 Å². The lowest BCUT2D eigenvalue weighted by atomic mass is 10.2. The van der Waals surface area contributed by atoms with Gasteiger partial charge in [-0.05, 0) is 12.1 Å². The molecule has 0 aliphatic carbocycles. The Morgan fingerprint density at radius 3 is 2.95 bits per heavy atom. The first kappa shape index (κ1) is 14.1. The van der Waals surface area contributed by atoms with Crippen LogP contribution in [0.4, 0.5) is 5.13 Å². The largest absolute Gasteiger partial charge is 0.496 e. The van der Waals surface area contributed by atoms with Gasteiger partial charge in [-0.25, -0.2) is 4.98 Å². The summed E-state index contributed by atoms with van der Waals surface area (Å²) in [5.74, 6) is 0.750. The fourth-order valence-corrected chi connectivity index (χ4v) is 2.87. The smallest absolute Gasteiger partial charge is 0.183 e. The molecule has 0 radical (unpaired) electrons. The molecule has 0 amide bonds. The van der Waals surface area contributed by atoms with Gasteiger partial charge in [-0.1, -0.05) is 29.0 Å². The summed E-state index contributed by atoms with van der Waals surface area (Å²) in [6, 6.07) is 5.60. The molecule has 0 unspecified atom stereocenters. The molecule has 0 fully saturated rings. The van der Waals surface area contributed by atoms with E-state index in [4.69, 9.17) is 21.1 Å². The van der Waals surface area contributed by atoms with E-state index in [9.17, 15) is 0 Å². The van der Waals surface area contributed by atoms with Gasteiger partial charge in [0.05, 0.1) is 29.2 Å². The maximum absolute atomic E-state index is 6.24. The van der Waals surface area contributed by atoms with Crippen molar-refractivity contribution in [3.8, 4) is 16.2 Å². The van der Waals surface area contributed by atoms with Crippen LogP contribution in [0.1, 0.15) is 0 Å². The number of nitrogens with one attached hydrogen (secondary N) is 1. The number of halogens is 1. The van der Waals surface area contributed by atoms with Crippen molar-refractivity contribution in [2.24, 2.45) is 0 Å². The zero-order valence-electron chi connectivity index (χ0n) is 10.8. The van der Waals surface area contributed by atoms with Gasteiger partial charge in [-0.2, -0.15) is 0 Å². The van der Waals surface area contributed by atoms with Crippen molar-refractivity contribution in [3.05, 3.63) is 29.4 Å². The normalized spacial score (nSPS) is 10.5. The van der Waals surface area contributed by atoms with E-state index in [0.717, 1.165) is 27.9 Å². The summed E-state index contributed by atoms with van der Waals surface area (Å²) in [5.41, 5.74) is 0.879. The SMILES string of the molecule is COCCNc1ncc(-c2c(Cl)cccc2OC)s1. The van der Waals surface area contributed by atoms with E-state index in [2.05, 4.69) is 10.3 Å². The third-order valence-electron chi connectivity index (χ3n) is 2.53. The average Bonchev–Trinajstić information content (AvgIpc) is 2.87. The quantitative estimate of drug-likeness (QED) is 0.829. The van der Waals surface area contributed by atoms with Gasteiger partial charge in [-0.15, -0.1) is 0 Å². The minimum Gasteiger partial charge on any atom is -0.496 e. The molecule has 1 heterocycles. The van der Waals surface area contributed by atoms with Crippen LogP contribution in [-0.4, -0.2) is 32.4 Å². The van der Waals surface area contributed by atoms with E-state index in [1.807, 2.05) is 18.2 Å². The van der Waals surface area contributed by atoms with Gasteiger partial charge in [-0.3, -0.25) is 0 Å². The molecule has 1 aromatic carbocycles. The monoisotopic (exact) mass is 298 g/mol. The molecule has 0 bridgehead atoms. The zero-order chi connectivity index (χ0) is 13.7. The molecule has 4 nitrogen and oxygen atoms in total. The van der Waals surface area contributed by atoms with Gasteiger partial charge in [0.25, 0.3) is 0 Å². The number of nitrogens with zero attached hydrogens (tertiary/aromatic N) is 1. The molecule has 0 aliphatic rings. The number of thiazole rings is 1. The molecule has 0 spiro atoms. The van der Waals surface area contributed by atoms with Gasteiger partial charge >= 0.3 is 0 Å². The van der Waals surface area contributed by atoms with Gasteiger partial charge in [0.15, 0.2) is 5.13 Å². The summed E-state index contributed by atoms with van der Waals surface area (Å²) in [5, 5.41) is 4.69. The second kappa shape index (κ2) is 6.75. The second-order valence-electron chi connectivity index (χ2n) is 3.77. The fourth-order valence-electron chi connectivity index (χ4n) is 1.65. The Labute approximate surface area is 121 Å². The number of methoxy groups -OCH3 is 2. The van der Waals surface area contributed by atoms with Crippen LogP contribution in [-0.2, 0) is 4.74 Å². The Hall–Kier alpha value is -1.30. The summed E-state index contributed by atoms with van der Waals surface area (Å²) in [6.45, 7) is 1.37. The van der Waals surface area contributed by atoms with E-state index in [1.54, 1.807) is 20.4 Å². The van der Waals surface area contributed by atoms with Crippen molar-refractivity contribution < 1.29 is 9.47 Å². The molecule has 0 saturated heterocycles. The van der Waals surface area contributed by atoms with Crippen LogP contribution in [0.25, 0.3) is 10.4 Å². The van der Waals surface area contributed by atoms with E-state index < -0.39 is 0 Å². The highest BCUT2D eigenvalue weighted by Crippen LogP contribution is 2.40. The first-order chi connectivity index (χ1) is 9.26. The topological polar surface area (TPSA) is 43.4 Å². The Kier molecular flexibility index (Phi) is 5.01. The third kappa shape index (κ3) is 3.37. The first-order valence-electron chi connectivity index (χ1n) is 5.77. The van der Waals surface area contributed by atoms with Crippen LogP contribution in [0.2, 0.25) is 5.02 Å². The second-order valence-corrected chi connectivity index (χ2v) is 5.20. The summed E-state index contributed by atoms with van der Waals surface area (Å²) in [4.78, 5) is 5.29. The molecule has 1 aromatic heterocycles. The molecule has 1 N–H and O–H groups in total. The van der Waals surface area contributed by atoms with Crippen molar-refractivity contribution in [1.82, 2.24) is 4.98 Å². The van der Waals surface area contributed by atoms with Crippen LogP contribution in [0.3, 0.4) is 0 Å². The van der Waals surface area contributed by atoms with Crippen LogP contribution in [0.5, 0.6) is 5.75 Å². The lowest BCUT2D eigenvalue weighted by Gasteiger charge is -2.07. The lowest BCUT2D eigenvalue weighted by molar-refractivity contribution is 0.211. The zero-order valence-corrected chi connectivity index (χ0v) is 12.3. The summed E-state index contributed by atoms with van der Waals surface area (Å²) in [6.07, 6.45) is 1.80. The third-order valence-corrected chi connectivity index (χ3v) is 3.82. The van der Waals surface area contributed by atoms with Crippen molar-refractivity contribution in [3.63, 3.8) is 0 Å². The Morgan fingerprint density at radius 2 is 2.21 bits per heavy atom. The van der Waals surface area contributed by atoms with Gasteiger partial charge in [0.2, 0.25) is 0 Å². The van der Waals surface area contributed by atoms with E-state index in [-0.39, 0.29) is 0 Å². The van der Waals surface area contributed by atoms with Crippen molar-refractivity contribution in [2.45, 2.75) is 0 Å². The number of hydrogen-bond acceptors (Lipinski definition) is 5. The number of anilines is 1. The summed E-state index contributed by atoms with van der Waals surface area (Å²) >= 11 is 7.78. The predicted octanol–water partition coefficient (Wildman–Crippen LogP) is 3.53. The summed E-state index contributed by atoms with van der Waals surface area (Å²) < 4.78 is 10.3. The van der Waals surface area contributed by atoms with E-state index in [1.165, 1.54) is 11.3 Å². The van der Waals surface area contributed by atoms with Gasteiger partial charge in [0, 0.05) is 19.9 Å². The molecule has 0 aliphatic heterocycles. The highest BCUT2D eigenvalue weighted by Gasteiger charge is 2.13. The maximum atomic E-state index is 6.24. The van der Waals surface area contributed by atoms with Crippen LogP contribution >= 0.6 is 22.9 Å². The average molecular weight is 299 g/mol. The molecule has 0 saturated carbocycles. The van der Waals surface area contributed by atoms with Crippen molar-refractivity contribution >= 4 is 28.1 Å². The molecule has 19 heavy (non-hydrogen) atoms. The molecule has 102 valence electrons. The van der Waals surface area contributed by atoms with Crippen LogP contribution in [0.15, 0.2) is 24.4 Å². The minimum absolute atomic E-state index is 0.643. The molecule has 2 rings (SSSR count). The number of ether oxygens (including phenoxy) is 2. The van der Waals surface area contributed by atoms with Crippen LogP contribution < -0.4 is 10.1 Å². The molecule has 2 aromatic rings. The summed E-state index contributed by atoms with van der Waals surface area (Å²) in [7, 11) is 3.30. The highest BCUT2D eigenvalue weighted by molar-refractivity contribution is 7.19. The predicted molar refractivity (Wildman–Crippen MR) is 79.5 cm³/mol. The first-order valence-corrected chi connectivity index (χ1v) is 6.97. The lowest BCUT2D eigenvalue weighted by Crippen LogP contribution is -2.06. The fraction of sp³-hybridized carbons (Fsp3) is 0.308. The number of rotatable bonds is 6. The number of benzene rings is 1.